The first-order valence-corrected chi connectivity index (χ1v) is 21.5. The standard InChI is InChI=1S/2C16H18N3O2S.C5H8N3O2.C4H7N3O3.H3N.2Y/c2*1-10-15(22-9-19-10)12-4-2-11(3-5-12)7-18-16(21)14-6-13(20)8-17-14;1-5(9)4-10-3-2-7-8-6;5-7-6-1-2-10-3-4(8)9;;;/h2*2-5,9,13-14,20H,6-8H2,1H3,(H,18,21);1-4H2;1-3H2,(H,8,9);1H3;;/q3*-1;;;;/t2*13?,14-;;;;;/m00...../s1. The van der Waals surface area contributed by atoms with Crippen LogP contribution in [-0.4, -0.2) is 126 Å². The number of benzene rings is 2. The maximum atomic E-state index is 11.9. The van der Waals surface area contributed by atoms with E-state index >= 15 is 0 Å². The average Bonchev–Trinajstić information content (AvgIpc) is 4.12. The van der Waals surface area contributed by atoms with Gasteiger partial charge in [-0.15, -0.1) is 35.8 Å². The van der Waals surface area contributed by atoms with E-state index in [1.807, 2.05) is 73.4 Å². The number of amides is 2. The van der Waals surface area contributed by atoms with Crippen molar-refractivity contribution in [2.24, 2.45) is 10.2 Å². The van der Waals surface area contributed by atoms with Gasteiger partial charge in [-0.3, -0.25) is 9.59 Å². The largest absolute Gasteiger partial charge is 0.650 e. The molecule has 0 saturated carbocycles. The smallest absolute Gasteiger partial charge is 0.329 e. The Morgan fingerprint density at radius 3 is 1.43 bits per heavy atom. The minimum atomic E-state index is -1.03. The number of carbonyl (C=O) groups excluding carboxylic acids is 3. The van der Waals surface area contributed by atoms with Gasteiger partial charge in [0.25, 0.3) is 0 Å². The molecule has 2 aliphatic rings. The number of aliphatic carboxylic acids is 1. The summed E-state index contributed by atoms with van der Waals surface area (Å²) in [5.74, 6) is -1.53. The Bertz CT molecular complexity index is 2010. The molecule has 358 valence electrons. The van der Waals surface area contributed by atoms with E-state index in [4.69, 9.17) is 20.9 Å². The minimum absolute atomic E-state index is 0. The molecule has 4 heterocycles. The van der Waals surface area contributed by atoms with Crippen molar-refractivity contribution in [2.75, 3.05) is 52.6 Å². The van der Waals surface area contributed by atoms with Gasteiger partial charge >= 0.3 is 5.97 Å². The summed E-state index contributed by atoms with van der Waals surface area (Å²) in [5, 5.41) is 47.1. The maximum absolute atomic E-state index is 11.9. The second-order valence-corrected chi connectivity index (χ2v) is 15.6. The summed E-state index contributed by atoms with van der Waals surface area (Å²) in [6.45, 7) is 9.25. The van der Waals surface area contributed by atoms with Crippen molar-refractivity contribution in [2.45, 2.75) is 64.1 Å². The Morgan fingerprint density at radius 2 is 1.13 bits per heavy atom. The third kappa shape index (κ3) is 25.4. The number of aliphatic hydroxyl groups is 2. The predicted molar refractivity (Wildman–Crippen MR) is 246 cm³/mol. The third-order valence-corrected chi connectivity index (χ3v) is 10.8. The van der Waals surface area contributed by atoms with E-state index in [2.05, 4.69) is 62.9 Å². The second-order valence-electron chi connectivity index (χ2n) is 13.9. The number of azide groups is 2. The zero-order chi connectivity index (χ0) is 46.7. The zero-order valence-electron chi connectivity index (χ0n) is 37.2. The van der Waals surface area contributed by atoms with Crippen LogP contribution in [0.2, 0.25) is 0 Å². The molecule has 4 aromatic rings. The molecule has 0 aliphatic carbocycles. The van der Waals surface area contributed by atoms with Gasteiger partial charge in [-0.05, 0) is 60.0 Å². The average molecular weight is 1110 g/mol. The fourth-order valence-electron chi connectivity index (χ4n) is 5.66. The number of hydrogen-bond donors (Lipinski definition) is 6. The summed E-state index contributed by atoms with van der Waals surface area (Å²) in [7, 11) is 0. The molecule has 6 rings (SSSR count). The van der Waals surface area contributed by atoms with Crippen LogP contribution in [0.5, 0.6) is 0 Å². The zero-order valence-corrected chi connectivity index (χ0v) is 44.5. The second kappa shape index (κ2) is 36.2. The number of aliphatic hydroxyl groups excluding tert-OH is 2. The van der Waals surface area contributed by atoms with Gasteiger partial charge in [0.05, 0.1) is 52.0 Å². The van der Waals surface area contributed by atoms with Crippen LogP contribution >= 0.6 is 22.7 Å². The van der Waals surface area contributed by atoms with Gasteiger partial charge in [0.2, 0.25) is 11.8 Å². The number of Topliss-reactive ketones (excluding diaryl/α,β-unsaturated/α-hetero) is 1. The Balaban J connectivity index is 0.000000912. The monoisotopic (exact) mass is 1110 g/mol. The molecular formula is C41H54N13O9S2Y2-3. The molecule has 2 aromatic carbocycles. The number of hydrogen-bond acceptors (Lipinski definition) is 15. The number of carboxylic acid groups (broad SMARTS) is 1. The molecule has 0 spiro atoms. The van der Waals surface area contributed by atoms with Gasteiger partial charge in [0, 0.05) is 119 Å². The summed E-state index contributed by atoms with van der Waals surface area (Å²) in [6, 6.07) is 15.4. The molecule has 2 unspecified atom stereocenters. The van der Waals surface area contributed by atoms with Crippen LogP contribution < -0.4 is 16.8 Å². The number of nitrogens with one attached hydrogen (secondary N) is 2. The normalized spacial score (nSPS) is 16.3. The number of ketones is 1. The fourth-order valence-corrected chi connectivity index (χ4v) is 7.28. The van der Waals surface area contributed by atoms with E-state index in [9.17, 15) is 29.4 Å². The van der Waals surface area contributed by atoms with Crippen molar-refractivity contribution < 1.29 is 109 Å². The summed E-state index contributed by atoms with van der Waals surface area (Å²) < 4.78 is 9.25. The molecule has 2 radical (unpaired) electrons. The number of ether oxygens (including phenoxy) is 2. The summed E-state index contributed by atoms with van der Waals surface area (Å²) in [5.41, 5.74) is 25.7. The molecule has 8 N–H and O–H groups in total. The first-order chi connectivity index (χ1) is 30.8. The number of carbonyl (C=O) groups is 4. The molecule has 2 aromatic heterocycles. The first-order valence-electron chi connectivity index (χ1n) is 19.8. The molecule has 0 bridgehead atoms. The number of rotatable bonds is 18. The van der Waals surface area contributed by atoms with Gasteiger partial charge < -0.3 is 63.9 Å². The van der Waals surface area contributed by atoms with Crippen LogP contribution in [0, 0.1) is 20.8 Å². The van der Waals surface area contributed by atoms with Crippen molar-refractivity contribution in [3.63, 3.8) is 0 Å². The minimum Gasteiger partial charge on any atom is -0.650 e. The molecule has 2 fully saturated rings. The van der Waals surface area contributed by atoms with E-state index in [1.54, 1.807) is 22.7 Å². The summed E-state index contributed by atoms with van der Waals surface area (Å²) in [4.78, 5) is 59.6. The molecule has 2 amide bonds. The molecular weight excluding hydrogens is 1060 g/mol. The van der Waals surface area contributed by atoms with Crippen LogP contribution in [0.3, 0.4) is 0 Å². The quantitative estimate of drug-likeness (QED) is 0.0228. The Morgan fingerprint density at radius 1 is 0.746 bits per heavy atom. The van der Waals surface area contributed by atoms with Crippen LogP contribution in [0.15, 0.2) is 69.8 Å². The molecule has 22 nitrogen and oxygen atoms in total. The topological polar surface area (TPSA) is 358 Å². The van der Waals surface area contributed by atoms with Crippen LogP contribution in [0.25, 0.3) is 52.4 Å². The third-order valence-electron chi connectivity index (χ3n) is 8.81. The van der Waals surface area contributed by atoms with E-state index in [1.165, 1.54) is 9.75 Å². The van der Waals surface area contributed by atoms with Gasteiger partial charge in [0.15, 0.2) is 0 Å². The molecule has 4 atom stereocenters. The van der Waals surface area contributed by atoms with Crippen molar-refractivity contribution in [1.82, 2.24) is 26.8 Å². The van der Waals surface area contributed by atoms with E-state index in [0.717, 1.165) is 33.6 Å². The number of thiazole rings is 2. The van der Waals surface area contributed by atoms with Crippen molar-refractivity contribution in [1.29, 1.82) is 0 Å². The molecule has 67 heavy (non-hydrogen) atoms. The van der Waals surface area contributed by atoms with Gasteiger partial charge in [-0.1, -0.05) is 70.8 Å². The van der Waals surface area contributed by atoms with Gasteiger partial charge in [-0.25, -0.2) is 14.8 Å². The number of aromatic nitrogens is 2. The van der Waals surface area contributed by atoms with Crippen LogP contribution in [-0.2, 0) is 107 Å². The van der Waals surface area contributed by atoms with Gasteiger partial charge in [0.1, 0.15) is 6.61 Å². The molecule has 2 aliphatic heterocycles. The van der Waals surface area contributed by atoms with Crippen molar-refractivity contribution in [3.05, 3.63) is 121 Å². The van der Waals surface area contributed by atoms with Crippen molar-refractivity contribution in [3.8, 4) is 20.9 Å². The Labute approximate surface area is 446 Å². The summed E-state index contributed by atoms with van der Waals surface area (Å²) in [6.07, 6.45) is -0.0967. The maximum Gasteiger partial charge on any atom is 0.329 e. The fraction of sp³-hybridized carbons (Fsp3) is 0.439. The number of nitrogens with zero attached hydrogens (tertiary/aromatic N) is 10. The van der Waals surface area contributed by atoms with Gasteiger partial charge in [-0.2, -0.15) is 0 Å². The Kier molecular flexibility index (Phi) is 34.2. The number of aryl methyl sites for hydroxylation is 2. The van der Waals surface area contributed by atoms with Crippen molar-refractivity contribution >= 4 is 46.2 Å². The van der Waals surface area contributed by atoms with E-state index < -0.39 is 30.3 Å². The van der Waals surface area contributed by atoms with Crippen LogP contribution in [0.1, 0.15) is 35.4 Å². The molecule has 2 saturated heterocycles. The number of carboxylic acids is 1. The van der Waals surface area contributed by atoms with E-state index in [0.29, 0.717) is 39.0 Å². The Hall–Kier alpha value is -3.80. The van der Waals surface area contributed by atoms with E-state index in [-0.39, 0.29) is 129 Å². The first kappa shape index (κ1) is 63.2. The predicted octanol–water partition coefficient (Wildman–Crippen LogP) is 5.75. The SMILES string of the molecule is Cc1ncsc1-c1ccc(CNC(=O)[C@@H]2CC(O)C[N-]2)cc1.Cc1ncsc1-c1ccc(CNC(=O)[C@@H]2CC(O)C[N-]2)cc1.N.[CH2-]C(=O)COCCN=[N+]=[N-].[N-]=[N+]=NCCOCC(=O)O.[Y].[Y]. The van der Waals surface area contributed by atoms with Crippen LogP contribution in [0.4, 0.5) is 0 Å². The summed E-state index contributed by atoms with van der Waals surface area (Å²) >= 11 is 3.25. The molecule has 26 heteroatoms.